The SMILES string of the molecule is CCC(Nc1ccc(N(C)C(=O)N2CCCCC2)cc1)=C1C(=O)Nc2cc(OC)c(OC)cc21. The summed E-state index contributed by atoms with van der Waals surface area (Å²) in [4.78, 5) is 29.2. The number of likely N-dealkylation sites (tertiary alicyclic amines) is 1. The van der Waals surface area contributed by atoms with Crippen molar-refractivity contribution in [2.75, 3.05) is 49.9 Å². The summed E-state index contributed by atoms with van der Waals surface area (Å²) in [5.41, 5.74) is 4.52. The molecule has 180 valence electrons. The minimum Gasteiger partial charge on any atom is -0.493 e. The Bertz CT molecular complexity index is 1100. The first kappa shape index (κ1) is 23.5. The van der Waals surface area contributed by atoms with E-state index >= 15 is 0 Å². The van der Waals surface area contributed by atoms with Gasteiger partial charge in [0, 0.05) is 48.8 Å². The molecule has 3 amide bonds. The third kappa shape index (κ3) is 4.53. The molecule has 4 rings (SSSR count). The number of hydrogen-bond donors (Lipinski definition) is 2. The van der Waals surface area contributed by atoms with Gasteiger partial charge < -0.3 is 25.0 Å². The standard InChI is InChI=1S/C26H32N4O4/c1-5-20(24-19-15-22(33-3)23(34-4)16-21(19)28-25(24)31)27-17-9-11-18(12-10-17)29(2)26(32)30-13-7-6-8-14-30/h9-12,15-16,27H,5-8,13-14H2,1-4H3,(H,28,31). The van der Waals surface area contributed by atoms with Crippen molar-refractivity contribution in [3.05, 3.63) is 47.7 Å². The number of amides is 3. The van der Waals surface area contributed by atoms with Crippen LogP contribution in [0, 0.1) is 0 Å². The molecule has 0 aliphatic carbocycles. The molecule has 2 aliphatic heterocycles. The smallest absolute Gasteiger partial charge is 0.324 e. The monoisotopic (exact) mass is 464 g/mol. The van der Waals surface area contributed by atoms with E-state index in [2.05, 4.69) is 10.6 Å². The van der Waals surface area contributed by atoms with Gasteiger partial charge in [0.05, 0.1) is 25.5 Å². The zero-order valence-electron chi connectivity index (χ0n) is 20.2. The molecule has 0 spiro atoms. The van der Waals surface area contributed by atoms with Gasteiger partial charge in [0.2, 0.25) is 0 Å². The summed E-state index contributed by atoms with van der Waals surface area (Å²) in [5.74, 6) is 0.960. The van der Waals surface area contributed by atoms with Crippen molar-refractivity contribution in [1.82, 2.24) is 4.90 Å². The fraction of sp³-hybridized carbons (Fsp3) is 0.385. The van der Waals surface area contributed by atoms with Crippen LogP contribution in [-0.2, 0) is 4.79 Å². The molecule has 0 radical (unpaired) electrons. The Kier molecular flexibility index (Phi) is 6.95. The van der Waals surface area contributed by atoms with Gasteiger partial charge in [-0.15, -0.1) is 0 Å². The number of rotatable bonds is 6. The Morgan fingerprint density at radius 1 is 1.06 bits per heavy atom. The summed E-state index contributed by atoms with van der Waals surface area (Å²) in [6.45, 7) is 3.63. The lowest BCUT2D eigenvalue weighted by molar-refractivity contribution is -0.110. The van der Waals surface area contributed by atoms with Crippen LogP contribution in [0.4, 0.5) is 21.9 Å². The topological polar surface area (TPSA) is 83.1 Å². The highest BCUT2D eigenvalue weighted by Gasteiger charge is 2.29. The summed E-state index contributed by atoms with van der Waals surface area (Å²) in [6.07, 6.45) is 3.94. The zero-order valence-corrected chi connectivity index (χ0v) is 20.2. The van der Waals surface area contributed by atoms with Crippen LogP contribution < -0.4 is 25.0 Å². The number of urea groups is 1. The van der Waals surface area contributed by atoms with Gasteiger partial charge in [-0.2, -0.15) is 0 Å². The molecule has 2 aromatic carbocycles. The molecule has 0 atom stereocenters. The molecule has 2 N–H and O–H groups in total. The first-order valence-electron chi connectivity index (χ1n) is 11.7. The fourth-order valence-electron chi connectivity index (χ4n) is 4.47. The van der Waals surface area contributed by atoms with Gasteiger partial charge in [0.25, 0.3) is 5.91 Å². The molecule has 2 aliphatic rings. The fourth-order valence-corrected chi connectivity index (χ4v) is 4.47. The van der Waals surface area contributed by atoms with Crippen LogP contribution in [0.1, 0.15) is 38.2 Å². The van der Waals surface area contributed by atoms with Crippen molar-refractivity contribution in [2.24, 2.45) is 0 Å². The number of fused-ring (bicyclic) bond motifs is 1. The van der Waals surface area contributed by atoms with E-state index in [1.807, 2.05) is 42.2 Å². The first-order valence-corrected chi connectivity index (χ1v) is 11.7. The Labute approximate surface area is 200 Å². The van der Waals surface area contributed by atoms with E-state index in [0.29, 0.717) is 29.2 Å². The molecule has 2 heterocycles. The maximum Gasteiger partial charge on any atom is 0.324 e. The summed E-state index contributed by atoms with van der Waals surface area (Å²) in [7, 11) is 4.95. The van der Waals surface area contributed by atoms with E-state index in [-0.39, 0.29) is 11.9 Å². The second-order valence-electron chi connectivity index (χ2n) is 8.48. The quantitative estimate of drug-likeness (QED) is 0.592. The summed E-state index contributed by atoms with van der Waals surface area (Å²) in [6, 6.07) is 11.3. The van der Waals surface area contributed by atoms with Crippen LogP contribution in [0.5, 0.6) is 11.5 Å². The van der Waals surface area contributed by atoms with Crippen LogP contribution >= 0.6 is 0 Å². The van der Waals surface area contributed by atoms with Gasteiger partial charge in [-0.3, -0.25) is 9.69 Å². The van der Waals surface area contributed by atoms with E-state index in [4.69, 9.17) is 9.47 Å². The van der Waals surface area contributed by atoms with Crippen molar-refractivity contribution in [3.8, 4) is 11.5 Å². The average molecular weight is 465 g/mol. The third-order valence-electron chi connectivity index (χ3n) is 6.39. The van der Waals surface area contributed by atoms with E-state index in [1.54, 1.807) is 32.2 Å². The number of piperidine rings is 1. The highest BCUT2D eigenvalue weighted by molar-refractivity contribution is 6.32. The zero-order chi connectivity index (χ0) is 24.2. The summed E-state index contributed by atoms with van der Waals surface area (Å²) >= 11 is 0. The van der Waals surface area contributed by atoms with Crippen molar-refractivity contribution >= 4 is 34.6 Å². The Morgan fingerprint density at radius 2 is 1.71 bits per heavy atom. The van der Waals surface area contributed by atoms with Crippen LogP contribution in [0.3, 0.4) is 0 Å². The number of hydrogen-bond acceptors (Lipinski definition) is 5. The highest BCUT2D eigenvalue weighted by Crippen LogP contribution is 2.42. The van der Waals surface area contributed by atoms with Gasteiger partial charge in [-0.1, -0.05) is 6.92 Å². The van der Waals surface area contributed by atoms with E-state index in [0.717, 1.165) is 48.6 Å². The lowest BCUT2D eigenvalue weighted by Gasteiger charge is -2.31. The lowest BCUT2D eigenvalue weighted by atomic mass is 10.0. The second kappa shape index (κ2) is 10.1. The largest absolute Gasteiger partial charge is 0.493 e. The molecular weight excluding hydrogens is 432 g/mol. The molecule has 0 unspecified atom stereocenters. The molecule has 8 heteroatoms. The number of nitrogens with one attached hydrogen (secondary N) is 2. The molecule has 0 saturated carbocycles. The molecule has 34 heavy (non-hydrogen) atoms. The maximum absolute atomic E-state index is 12.9. The molecule has 1 saturated heterocycles. The summed E-state index contributed by atoms with van der Waals surface area (Å²) < 4.78 is 10.8. The number of carbonyl (C=O) groups excluding carboxylic acids is 2. The lowest BCUT2D eigenvalue weighted by Crippen LogP contribution is -2.43. The minimum absolute atomic E-state index is 0.0281. The number of allylic oxidation sites excluding steroid dienone is 1. The molecule has 1 fully saturated rings. The number of methoxy groups -OCH3 is 2. The van der Waals surface area contributed by atoms with Crippen molar-refractivity contribution in [2.45, 2.75) is 32.6 Å². The highest BCUT2D eigenvalue weighted by atomic mass is 16.5. The normalized spacial score (nSPS) is 16.5. The summed E-state index contributed by atoms with van der Waals surface area (Å²) in [5, 5.41) is 6.32. The van der Waals surface area contributed by atoms with Gasteiger partial charge >= 0.3 is 6.03 Å². The van der Waals surface area contributed by atoms with Crippen LogP contribution in [0.2, 0.25) is 0 Å². The number of benzene rings is 2. The van der Waals surface area contributed by atoms with Crippen LogP contribution in [0.25, 0.3) is 5.57 Å². The first-order chi connectivity index (χ1) is 16.5. The van der Waals surface area contributed by atoms with Gasteiger partial charge in [-0.05, 0) is 56.0 Å². The second-order valence-corrected chi connectivity index (χ2v) is 8.48. The number of anilines is 3. The van der Waals surface area contributed by atoms with E-state index in [1.165, 1.54) is 6.42 Å². The average Bonchev–Trinajstić information content (AvgIpc) is 3.20. The molecular formula is C26H32N4O4. The molecule has 0 bridgehead atoms. The third-order valence-corrected chi connectivity index (χ3v) is 6.39. The Balaban J connectivity index is 1.56. The van der Waals surface area contributed by atoms with Crippen molar-refractivity contribution in [1.29, 1.82) is 0 Å². The number of carbonyl (C=O) groups is 2. The molecule has 2 aromatic rings. The van der Waals surface area contributed by atoms with Gasteiger partial charge in [0.1, 0.15) is 0 Å². The number of nitrogens with zero attached hydrogens (tertiary/aromatic N) is 2. The molecule has 8 nitrogen and oxygen atoms in total. The van der Waals surface area contributed by atoms with Crippen LogP contribution in [-0.4, -0.2) is 51.2 Å². The predicted octanol–water partition coefficient (Wildman–Crippen LogP) is 4.93. The molecule has 0 aromatic heterocycles. The predicted molar refractivity (Wildman–Crippen MR) is 135 cm³/mol. The Hall–Kier alpha value is -3.68. The van der Waals surface area contributed by atoms with Gasteiger partial charge in [0.15, 0.2) is 11.5 Å². The Morgan fingerprint density at radius 3 is 2.32 bits per heavy atom. The van der Waals surface area contributed by atoms with Crippen molar-refractivity contribution < 1.29 is 19.1 Å². The maximum atomic E-state index is 12.9. The van der Waals surface area contributed by atoms with E-state index in [9.17, 15) is 9.59 Å². The minimum atomic E-state index is -0.168. The van der Waals surface area contributed by atoms with Crippen LogP contribution in [0.15, 0.2) is 42.1 Å². The van der Waals surface area contributed by atoms with Gasteiger partial charge in [-0.25, -0.2) is 4.79 Å². The number of ether oxygens (including phenoxy) is 2. The van der Waals surface area contributed by atoms with Crippen molar-refractivity contribution in [3.63, 3.8) is 0 Å². The van der Waals surface area contributed by atoms with E-state index < -0.39 is 0 Å².